The number of rotatable bonds is 4. The van der Waals surface area contributed by atoms with Crippen LogP contribution in [0.4, 0.5) is 0 Å². The summed E-state index contributed by atoms with van der Waals surface area (Å²) in [6, 6.07) is 0. The zero-order valence-corrected chi connectivity index (χ0v) is 12.6. The molecule has 7 heteroatoms. The number of aromatic nitrogens is 2. The smallest absolute Gasteiger partial charge is 0.305 e. The maximum Gasteiger partial charge on any atom is 0.305 e. The van der Waals surface area contributed by atoms with E-state index < -0.39 is 11.5 Å². The number of carbonyl (C=O) groups is 2. The zero-order valence-electron chi connectivity index (χ0n) is 11.8. The van der Waals surface area contributed by atoms with Gasteiger partial charge in [0, 0.05) is 7.05 Å². The second-order valence-corrected chi connectivity index (χ2v) is 6.16. The lowest BCUT2D eigenvalue weighted by Gasteiger charge is -2.43. The topological polar surface area (TPSA) is 83.4 Å². The number of aryl methyl sites for hydroxylation is 1. The van der Waals surface area contributed by atoms with Gasteiger partial charge >= 0.3 is 5.97 Å². The lowest BCUT2D eigenvalue weighted by Crippen LogP contribution is -2.52. The molecule has 1 saturated carbocycles. The molecule has 0 unspecified atom stereocenters. The van der Waals surface area contributed by atoms with Gasteiger partial charge in [0.2, 0.25) is 0 Å². The summed E-state index contributed by atoms with van der Waals surface area (Å²) in [7, 11) is 1.70. The van der Waals surface area contributed by atoms with Gasteiger partial charge in [0.1, 0.15) is 4.88 Å². The van der Waals surface area contributed by atoms with Gasteiger partial charge in [-0.2, -0.15) is 0 Å². The van der Waals surface area contributed by atoms with Crippen molar-refractivity contribution in [3.63, 3.8) is 0 Å². The van der Waals surface area contributed by atoms with Crippen LogP contribution in [-0.4, -0.2) is 44.1 Å². The number of carboxylic acid groups (broad SMARTS) is 1. The average molecular weight is 297 g/mol. The number of aliphatic carboxylic acids is 1. The molecule has 0 aromatic carbocycles. The van der Waals surface area contributed by atoms with Crippen LogP contribution in [0.15, 0.2) is 0 Å². The Labute approximate surface area is 122 Å². The van der Waals surface area contributed by atoms with Gasteiger partial charge in [0.15, 0.2) is 0 Å². The molecule has 1 aliphatic rings. The number of hydrogen-bond acceptors (Lipinski definition) is 5. The molecule has 1 fully saturated rings. The van der Waals surface area contributed by atoms with E-state index in [-0.39, 0.29) is 12.3 Å². The summed E-state index contributed by atoms with van der Waals surface area (Å²) in [5.41, 5.74) is 0.0329. The Morgan fingerprint density at radius 1 is 1.35 bits per heavy atom. The van der Waals surface area contributed by atoms with Crippen molar-refractivity contribution in [1.82, 2.24) is 14.5 Å². The van der Waals surface area contributed by atoms with E-state index in [0.29, 0.717) is 10.6 Å². The molecule has 1 aromatic rings. The maximum atomic E-state index is 12.6. The summed E-state index contributed by atoms with van der Waals surface area (Å²) in [6.07, 6.45) is 4.51. The predicted octanol–water partition coefficient (Wildman–Crippen LogP) is 2.10. The third-order valence-corrected chi connectivity index (χ3v) is 4.94. The van der Waals surface area contributed by atoms with Crippen molar-refractivity contribution >= 4 is 23.4 Å². The number of carboxylic acids is 1. The fraction of sp³-hybridized carbons (Fsp3) is 0.692. The van der Waals surface area contributed by atoms with Gasteiger partial charge in [-0.25, -0.2) is 0 Å². The van der Waals surface area contributed by atoms with Crippen LogP contribution in [0.3, 0.4) is 0 Å². The van der Waals surface area contributed by atoms with Gasteiger partial charge in [-0.15, -0.1) is 5.10 Å². The molecule has 110 valence electrons. The third-order valence-electron chi connectivity index (χ3n) is 4.13. The van der Waals surface area contributed by atoms with Gasteiger partial charge in [-0.1, -0.05) is 23.8 Å². The van der Waals surface area contributed by atoms with Crippen LogP contribution in [-0.2, 0) is 4.79 Å². The first-order valence-electron chi connectivity index (χ1n) is 6.75. The molecular formula is C13H19N3O3S. The third kappa shape index (κ3) is 2.82. The Morgan fingerprint density at radius 3 is 2.50 bits per heavy atom. The standard InChI is InChI=1S/C13H19N3O3S/c1-9-11(20-15-14-9)12(19)16(2)13(8-10(17)18)6-4-3-5-7-13/h3-8H2,1-2H3,(H,17,18). The van der Waals surface area contributed by atoms with Crippen molar-refractivity contribution in [2.45, 2.75) is 51.0 Å². The molecule has 0 atom stereocenters. The summed E-state index contributed by atoms with van der Waals surface area (Å²) in [6.45, 7) is 1.75. The Morgan fingerprint density at radius 2 is 2.00 bits per heavy atom. The first-order chi connectivity index (χ1) is 9.46. The van der Waals surface area contributed by atoms with E-state index in [2.05, 4.69) is 9.59 Å². The number of hydrogen-bond donors (Lipinski definition) is 1. The summed E-state index contributed by atoms with van der Waals surface area (Å²) in [5.74, 6) is -1.02. The second kappa shape index (κ2) is 5.87. The molecular weight excluding hydrogens is 278 g/mol. The van der Waals surface area contributed by atoms with Crippen LogP contribution in [0.2, 0.25) is 0 Å². The average Bonchev–Trinajstić information content (AvgIpc) is 2.83. The van der Waals surface area contributed by atoms with E-state index >= 15 is 0 Å². The second-order valence-electron chi connectivity index (χ2n) is 5.41. The van der Waals surface area contributed by atoms with Crippen molar-refractivity contribution in [3.8, 4) is 0 Å². The fourth-order valence-corrected chi connectivity index (χ4v) is 3.55. The number of nitrogens with zero attached hydrogens (tertiary/aromatic N) is 3. The monoisotopic (exact) mass is 297 g/mol. The molecule has 0 spiro atoms. The molecule has 2 rings (SSSR count). The highest BCUT2D eigenvalue weighted by Crippen LogP contribution is 2.37. The minimum Gasteiger partial charge on any atom is -0.481 e. The van der Waals surface area contributed by atoms with Crippen molar-refractivity contribution in [2.24, 2.45) is 0 Å². The Balaban J connectivity index is 2.26. The van der Waals surface area contributed by atoms with Gasteiger partial charge in [-0.3, -0.25) is 9.59 Å². The van der Waals surface area contributed by atoms with Crippen LogP contribution in [0, 0.1) is 6.92 Å². The molecule has 1 aliphatic carbocycles. The molecule has 20 heavy (non-hydrogen) atoms. The Bertz CT molecular complexity index is 509. The summed E-state index contributed by atoms with van der Waals surface area (Å²) in [4.78, 5) is 25.9. The van der Waals surface area contributed by atoms with E-state index in [9.17, 15) is 14.7 Å². The zero-order chi connectivity index (χ0) is 14.8. The molecule has 1 amide bonds. The minimum absolute atomic E-state index is 0.000516. The highest BCUT2D eigenvalue weighted by molar-refractivity contribution is 7.07. The summed E-state index contributed by atoms with van der Waals surface area (Å²) in [5, 5.41) is 13.0. The van der Waals surface area contributed by atoms with Gasteiger partial charge < -0.3 is 10.0 Å². The van der Waals surface area contributed by atoms with E-state index in [1.807, 2.05) is 0 Å². The lowest BCUT2D eigenvalue weighted by molar-refractivity contribution is -0.140. The van der Waals surface area contributed by atoms with Crippen molar-refractivity contribution < 1.29 is 14.7 Å². The van der Waals surface area contributed by atoms with Crippen LogP contribution in [0.25, 0.3) is 0 Å². The first-order valence-corrected chi connectivity index (χ1v) is 7.52. The van der Waals surface area contributed by atoms with Crippen molar-refractivity contribution in [1.29, 1.82) is 0 Å². The molecule has 0 radical (unpaired) electrons. The molecule has 6 nitrogen and oxygen atoms in total. The first kappa shape index (κ1) is 14.9. The molecule has 1 heterocycles. The van der Waals surface area contributed by atoms with Crippen molar-refractivity contribution in [3.05, 3.63) is 10.6 Å². The van der Waals surface area contributed by atoms with Crippen LogP contribution < -0.4 is 0 Å². The molecule has 0 bridgehead atoms. The molecule has 0 aliphatic heterocycles. The fourth-order valence-electron chi connectivity index (χ4n) is 2.92. The SMILES string of the molecule is Cc1nnsc1C(=O)N(C)C1(CC(=O)O)CCCCC1. The molecule has 1 aromatic heterocycles. The molecule has 0 saturated heterocycles. The Kier molecular flexibility index (Phi) is 4.37. The van der Waals surface area contributed by atoms with Gasteiger partial charge in [0.05, 0.1) is 17.7 Å². The predicted molar refractivity (Wildman–Crippen MR) is 74.8 cm³/mol. The summed E-state index contributed by atoms with van der Waals surface area (Å²) >= 11 is 1.07. The van der Waals surface area contributed by atoms with E-state index in [1.165, 1.54) is 0 Å². The highest BCUT2D eigenvalue weighted by Gasteiger charge is 2.41. The van der Waals surface area contributed by atoms with Gasteiger partial charge in [-0.05, 0) is 31.3 Å². The van der Waals surface area contributed by atoms with E-state index in [0.717, 1.165) is 43.6 Å². The van der Waals surface area contributed by atoms with Gasteiger partial charge in [0.25, 0.3) is 5.91 Å². The van der Waals surface area contributed by atoms with E-state index in [1.54, 1.807) is 18.9 Å². The van der Waals surface area contributed by atoms with Crippen LogP contribution in [0.1, 0.15) is 53.9 Å². The minimum atomic E-state index is -0.856. The quantitative estimate of drug-likeness (QED) is 0.920. The largest absolute Gasteiger partial charge is 0.481 e. The lowest BCUT2D eigenvalue weighted by atomic mass is 9.78. The Hall–Kier alpha value is -1.50. The van der Waals surface area contributed by atoms with Crippen LogP contribution >= 0.6 is 11.5 Å². The summed E-state index contributed by atoms with van der Waals surface area (Å²) < 4.78 is 3.78. The maximum absolute atomic E-state index is 12.6. The molecule has 1 N–H and O–H groups in total. The van der Waals surface area contributed by atoms with Crippen LogP contribution in [0.5, 0.6) is 0 Å². The number of amides is 1. The highest BCUT2D eigenvalue weighted by atomic mass is 32.1. The van der Waals surface area contributed by atoms with Crippen molar-refractivity contribution in [2.75, 3.05) is 7.05 Å². The normalized spacial score (nSPS) is 17.7. The number of carbonyl (C=O) groups excluding carboxylic acids is 1. The van der Waals surface area contributed by atoms with E-state index in [4.69, 9.17) is 0 Å².